The van der Waals surface area contributed by atoms with Crippen LogP contribution in [-0.2, 0) is 0 Å². The zero-order valence-corrected chi connectivity index (χ0v) is 16.3. The average molecular weight is 387 g/mol. The topological polar surface area (TPSA) is 42.4 Å². The second-order valence-electron chi connectivity index (χ2n) is 5.84. The summed E-state index contributed by atoms with van der Waals surface area (Å²) in [5, 5.41) is 1.36. The third kappa shape index (κ3) is 3.59. The van der Waals surface area contributed by atoms with E-state index in [-0.39, 0.29) is 11.9 Å². The van der Waals surface area contributed by atoms with Crippen LogP contribution in [0.1, 0.15) is 28.2 Å². The molecule has 0 bridgehead atoms. The summed E-state index contributed by atoms with van der Waals surface area (Å²) in [5.41, 5.74) is 1.79. The molecule has 0 spiro atoms. The Labute approximate surface area is 162 Å². The molecule has 0 saturated carbocycles. The van der Waals surface area contributed by atoms with Gasteiger partial charge in [0, 0.05) is 18.2 Å². The minimum atomic E-state index is -0.135. The number of carbonyl (C=O) groups is 1. The van der Waals surface area contributed by atoms with Gasteiger partial charge in [0.2, 0.25) is 0 Å². The van der Waals surface area contributed by atoms with Crippen molar-refractivity contribution in [3.8, 4) is 16.3 Å². The largest absolute Gasteiger partial charge is 0.496 e. The number of nitrogens with zero attached hydrogens (tertiary/aromatic N) is 2. The first kappa shape index (κ1) is 18.4. The fraction of sp³-hybridized carbons (Fsp3) is 0.200. The van der Waals surface area contributed by atoms with Gasteiger partial charge in [-0.25, -0.2) is 4.98 Å². The summed E-state index contributed by atoms with van der Waals surface area (Å²) in [5.74, 6) is 0.680. The molecule has 26 heavy (non-hydrogen) atoms. The van der Waals surface area contributed by atoms with E-state index in [4.69, 9.17) is 16.3 Å². The smallest absolute Gasteiger partial charge is 0.265 e. The lowest BCUT2D eigenvalue weighted by atomic mass is 10.1. The summed E-state index contributed by atoms with van der Waals surface area (Å²) < 4.78 is 5.41. The Morgan fingerprint density at radius 2 is 1.88 bits per heavy atom. The van der Waals surface area contributed by atoms with Crippen LogP contribution in [0.15, 0.2) is 54.7 Å². The van der Waals surface area contributed by atoms with Crippen molar-refractivity contribution in [2.45, 2.75) is 13.0 Å². The van der Waals surface area contributed by atoms with E-state index >= 15 is 0 Å². The normalized spacial score (nSPS) is 11.8. The molecule has 1 heterocycles. The second-order valence-corrected chi connectivity index (χ2v) is 7.28. The molecule has 1 atom stereocenters. The van der Waals surface area contributed by atoms with Gasteiger partial charge in [0.25, 0.3) is 5.91 Å². The zero-order valence-electron chi connectivity index (χ0n) is 14.8. The van der Waals surface area contributed by atoms with Crippen LogP contribution in [-0.4, -0.2) is 29.9 Å². The first-order chi connectivity index (χ1) is 12.5. The molecule has 0 aliphatic rings. The molecule has 2 aromatic carbocycles. The molecule has 134 valence electrons. The molecule has 3 rings (SSSR count). The average Bonchev–Trinajstić information content (AvgIpc) is 3.16. The molecule has 3 aromatic rings. The fourth-order valence-electron chi connectivity index (χ4n) is 2.70. The highest BCUT2D eigenvalue weighted by atomic mass is 35.5. The standard InChI is InChI=1S/C20H19ClN2O2S/c1-13(14-8-5-7-11-17(14)25-3)23(2)20(24)18-12-22-19(26-18)15-9-4-6-10-16(15)21/h4-13H,1-3H3. The van der Waals surface area contributed by atoms with Gasteiger partial charge in [-0.05, 0) is 19.1 Å². The van der Waals surface area contributed by atoms with Crippen molar-refractivity contribution in [2.75, 3.05) is 14.2 Å². The van der Waals surface area contributed by atoms with Gasteiger partial charge in [-0.3, -0.25) is 4.79 Å². The van der Waals surface area contributed by atoms with Crippen LogP contribution in [0.2, 0.25) is 5.02 Å². The van der Waals surface area contributed by atoms with Gasteiger partial charge < -0.3 is 9.64 Å². The third-order valence-corrected chi connectivity index (χ3v) is 5.66. The highest BCUT2D eigenvalue weighted by molar-refractivity contribution is 7.17. The van der Waals surface area contributed by atoms with Gasteiger partial charge in [0.15, 0.2) is 0 Å². The Bertz CT molecular complexity index is 925. The summed E-state index contributed by atoms with van der Waals surface area (Å²) in [4.78, 5) is 19.6. The number of hydrogen-bond donors (Lipinski definition) is 0. The molecule has 0 aliphatic heterocycles. The van der Waals surface area contributed by atoms with Crippen molar-refractivity contribution in [1.29, 1.82) is 0 Å². The van der Waals surface area contributed by atoms with Crippen LogP contribution < -0.4 is 4.74 Å². The summed E-state index contributed by atoms with van der Waals surface area (Å²) in [6, 6.07) is 15.1. The van der Waals surface area contributed by atoms with E-state index in [9.17, 15) is 4.79 Å². The molecular weight excluding hydrogens is 368 g/mol. The van der Waals surface area contributed by atoms with Crippen molar-refractivity contribution < 1.29 is 9.53 Å². The maximum atomic E-state index is 12.9. The molecule has 0 fully saturated rings. The van der Waals surface area contributed by atoms with Gasteiger partial charge in [0.05, 0.1) is 24.4 Å². The lowest BCUT2D eigenvalue weighted by Crippen LogP contribution is -2.29. The summed E-state index contributed by atoms with van der Waals surface area (Å²) in [6.07, 6.45) is 1.61. The second kappa shape index (κ2) is 7.89. The van der Waals surface area contributed by atoms with Crippen molar-refractivity contribution >= 4 is 28.8 Å². The van der Waals surface area contributed by atoms with Crippen LogP contribution in [0.5, 0.6) is 5.75 Å². The summed E-state index contributed by atoms with van der Waals surface area (Å²) in [7, 11) is 3.42. The molecule has 4 nitrogen and oxygen atoms in total. The highest BCUT2D eigenvalue weighted by Crippen LogP contribution is 2.33. The SMILES string of the molecule is COc1ccccc1C(C)N(C)C(=O)c1cnc(-c2ccccc2Cl)s1. The monoisotopic (exact) mass is 386 g/mol. The lowest BCUT2D eigenvalue weighted by Gasteiger charge is -2.26. The van der Waals surface area contributed by atoms with Gasteiger partial charge >= 0.3 is 0 Å². The van der Waals surface area contributed by atoms with Crippen molar-refractivity contribution in [1.82, 2.24) is 9.88 Å². The van der Waals surface area contributed by atoms with Gasteiger partial charge in [-0.2, -0.15) is 0 Å². The molecule has 0 aliphatic carbocycles. The number of hydrogen-bond acceptors (Lipinski definition) is 4. The van der Waals surface area contributed by atoms with E-state index in [1.54, 1.807) is 25.3 Å². The van der Waals surface area contributed by atoms with Crippen LogP contribution in [0, 0.1) is 0 Å². The molecule has 1 unspecified atom stereocenters. The quantitative estimate of drug-likeness (QED) is 0.597. The van der Waals surface area contributed by atoms with Gasteiger partial charge in [-0.15, -0.1) is 11.3 Å². The number of amides is 1. The molecular formula is C20H19ClN2O2S. The number of methoxy groups -OCH3 is 1. The molecule has 6 heteroatoms. The number of ether oxygens (including phenoxy) is 1. The molecule has 1 amide bonds. The van der Waals surface area contributed by atoms with Gasteiger partial charge in [-0.1, -0.05) is 48.0 Å². The van der Waals surface area contributed by atoms with E-state index < -0.39 is 0 Å². The van der Waals surface area contributed by atoms with Crippen LogP contribution in [0.25, 0.3) is 10.6 Å². The first-order valence-electron chi connectivity index (χ1n) is 8.13. The van der Waals surface area contributed by atoms with Crippen LogP contribution in [0.3, 0.4) is 0 Å². The zero-order chi connectivity index (χ0) is 18.7. The van der Waals surface area contributed by atoms with E-state index in [1.165, 1.54) is 11.3 Å². The Kier molecular flexibility index (Phi) is 5.59. The maximum absolute atomic E-state index is 12.9. The number of halogens is 1. The van der Waals surface area contributed by atoms with Crippen molar-refractivity contribution in [2.24, 2.45) is 0 Å². The van der Waals surface area contributed by atoms with Crippen molar-refractivity contribution in [3.05, 3.63) is 70.2 Å². The molecule has 0 N–H and O–H groups in total. The van der Waals surface area contributed by atoms with E-state index in [1.807, 2.05) is 55.5 Å². The number of aromatic nitrogens is 1. The number of rotatable bonds is 5. The third-order valence-electron chi connectivity index (χ3n) is 4.31. The molecule has 1 aromatic heterocycles. The van der Waals surface area contributed by atoms with E-state index in [0.717, 1.165) is 21.9 Å². The molecule has 0 saturated heterocycles. The predicted molar refractivity (Wildman–Crippen MR) is 106 cm³/mol. The number of carbonyl (C=O) groups excluding carboxylic acids is 1. The van der Waals surface area contributed by atoms with Crippen molar-refractivity contribution in [3.63, 3.8) is 0 Å². The Morgan fingerprint density at radius 1 is 1.19 bits per heavy atom. The van der Waals surface area contributed by atoms with Crippen LogP contribution in [0.4, 0.5) is 0 Å². The van der Waals surface area contributed by atoms with Gasteiger partial charge in [0.1, 0.15) is 15.6 Å². The minimum absolute atomic E-state index is 0.0841. The number of benzene rings is 2. The summed E-state index contributed by atoms with van der Waals surface area (Å²) in [6.45, 7) is 1.98. The summed E-state index contributed by atoms with van der Waals surface area (Å²) >= 11 is 7.57. The molecule has 0 radical (unpaired) electrons. The Morgan fingerprint density at radius 3 is 2.62 bits per heavy atom. The fourth-order valence-corrected chi connectivity index (χ4v) is 3.92. The maximum Gasteiger partial charge on any atom is 0.265 e. The lowest BCUT2D eigenvalue weighted by molar-refractivity contribution is 0.0745. The Balaban J connectivity index is 1.84. The highest BCUT2D eigenvalue weighted by Gasteiger charge is 2.23. The number of para-hydroxylation sites is 1. The van der Waals surface area contributed by atoms with E-state index in [0.29, 0.717) is 9.90 Å². The predicted octanol–water partition coefficient (Wildman–Crippen LogP) is 5.31. The van der Waals surface area contributed by atoms with E-state index in [2.05, 4.69) is 4.98 Å². The number of thiazole rings is 1. The Hall–Kier alpha value is -2.37. The minimum Gasteiger partial charge on any atom is -0.496 e. The van der Waals surface area contributed by atoms with Crippen LogP contribution >= 0.6 is 22.9 Å². The first-order valence-corrected chi connectivity index (χ1v) is 9.33.